The average molecular weight is 607 g/mol. The standard InChI is InChI=1S/C33H38O9Si/c1-36-25-17-15-24(16-18-25)32-38-21-26-27(42-32)28(40-30(34)22-11-7-5-8-12-22)29(33(39-26)37-19-20-43(2,3)4)41-31(35)23-13-9-6-10-14-23/h5-18,26-29,32-33H,19-21H2,1-4H3/t26-,27+,28+,29-,32?,33-/m1/s1. The summed E-state index contributed by atoms with van der Waals surface area (Å²) in [6.07, 6.45) is -5.42. The maximum atomic E-state index is 13.4. The molecule has 2 saturated heterocycles. The Bertz CT molecular complexity index is 1340. The minimum absolute atomic E-state index is 0.147. The van der Waals surface area contributed by atoms with Gasteiger partial charge in [-0.05, 0) is 42.4 Å². The molecule has 2 aliphatic heterocycles. The predicted octanol–water partition coefficient (Wildman–Crippen LogP) is 5.64. The summed E-state index contributed by atoms with van der Waals surface area (Å²) in [6, 6.07) is 25.4. The van der Waals surface area contributed by atoms with Gasteiger partial charge in [0.05, 0.1) is 24.8 Å². The highest BCUT2D eigenvalue weighted by atomic mass is 28.3. The van der Waals surface area contributed by atoms with Crippen LogP contribution in [-0.2, 0) is 28.4 Å². The molecule has 0 aromatic heterocycles. The molecule has 0 amide bonds. The van der Waals surface area contributed by atoms with Gasteiger partial charge in [-0.2, -0.15) is 0 Å². The Labute approximate surface area is 253 Å². The molecule has 0 N–H and O–H groups in total. The molecule has 10 heteroatoms. The van der Waals surface area contributed by atoms with Crippen molar-refractivity contribution in [2.24, 2.45) is 0 Å². The number of benzene rings is 3. The van der Waals surface area contributed by atoms with Crippen LogP contribution in [0.15, 0.2) is 84.9 Å². The molecule has 0 aliphatic carbocycles. The van der Waals surface area contributed by atoms with E-state index in [-0.39, 0.29) is 6.61 Å². The van der Waals surface area contributed by atoms with E-state index in [1.54, 1.807) is 55.6 Å². The summed E-state index contributed by atoms with van der Waals surface area (Å²) >= 11 is 0. The second kappa shape index (κ2) is 13.8. The molecular weight excluding hydrogens is 568 g/mol. The third-order valence-corrected chi connectivity index (χ3v) is 9.02. The van der Waals surface area contributed by atoms with Gasteiger partial charge in [0.25, 0.3) is 0 Å². The van der Waals surface area contributed by atoms with Crippen LogP contribution in [0.1, 0.15) is 32.6 Å². The van der Waals surface area contributed by atoms with Crippen LogP contribution in [0.3, 0.4) is 0 Å². The predicted molar refractivity (Wildman–Crippen MR) is 161 cm³/mol. The average Bonchev–Trinajstić information content (AvgIpc) is 3.02. The highest BCUT2D eigenvalue weighted by Crippen LogP contribution is 2.38. The first-order valence-corrected chi connectivity index (χ1v) is 18.1. The summed E-state index contributed by atoms with van der Waals surface area (Å²) in [5.41, 5.74) is 1.45. The third kappa shape index (κ3) is 7.90. The summed E-state index contributed by atoms with van der Waals surface area (Å²) in [5.74, 6) is -0.478. The fourth-order valence-corrected chi connectivity index (χ4v) is 5.61. The van der Waals surface area contributed by atoms with E-state index in [0.717, 1.165) is 11.6 Å². The first-order chi connectivity index (χ1) is 20.7. The summed E-state index contributed by atoms with van der Waals surface area (Å²) in [6.45, 7) is 7.27. The largest absolute Gasteiger partial charge is 0.497 e. The van der Waals surface area contributed by atoms with Gasteiger partial charge in [-0.1, -0.05) is 68.2 Å². The van der Waals surface area contributed by atoms with Crippen molar-refractivity contribution in [3.63, 3.8) is 0 Å². The molecule has 228 valence electrons. The van der Waals surface area contributed by atoms with Gasteiger partial charge in [0, 0.05) is 20.2 Å². The molecule has 2 heterocycles. The van der Waals surface area contributed by atoms with Crippen molar-refractivity contribution >= 4 is 20.0 Å². The van der Waals surface area contributed by atoms with Gasteiger partial charge in [0.15, 0.2) is 24.8 Å². The van der Waals surface area contributed by atoms with Crippen LogP contribution in [0.25, 0.3) is 0 Å². The Kier molecular flexibility index (Phi) is 9.94. The van der Waals surface area contributed by atoms with Gasteiger partial charge in [0.2, 0.25) is 0 Å². The van der Waals surface area contributed by atoms with Crippen LogP contribution in [0.2, 0.25) is 25.7 Å². The van der Waals surface area contributed by atoms with Gasteiger partial charge >= 0.3 is 11.9 Å². The van der Waals surface area contributed by atoms with E-state index in [2.05, 4.69) is 19.6 Å². The Balaban J connectivity index is 1.46. The van der Waals surface area contributed by atoms with Gasteiger partial charge < -0.3 is 33.2 Å². The first kappa shape index (κ1) is 30.9. The van der Waals surface area contributed by atoms with Crippen molar-refractivity contribution in [2.45, 2.75) is 62.7 Å². The third-order valence-electron chi connectivity index (χ3n) is 7.31. The van der Waals surface area contributed by atoms with E-state index in [1.807, 2.05) is 36.4 Å². The van der Waals surface area contributed by atoms with Gasteiger partial charge in [0.1, 0.15) is 18.0 Å². The number of rotatable bonds is 10. The molecule has 0 spiro atoms. The zero-order valence-electron chi connectivity index (χ0n) is 24.8. The molecule has 0 saturated carbocycles. The molecule has 1 unspecified atom stereocenters. The summed E-state index contributed by atoms with van der Waals surface area (Å²) in [5, 5.41) is 0. The number of esters is 2. The van der Waals surface area contributed by atoms with Crippen molar-refractivity contribution in [2.75, 3.05) is 20.3 Å². The molecule has 5 rings (SSSR count). The lowest BCUT2D eigenvalue weighted by Gasteiger charge is -2.48. The van der Waals surface area contributed by atoms with Crippen LogP contribution in [0.5, 0.6) is 5.75 Å². The molecule has 43 heavy (non-hydrogen) atoms. The Morgan fingerprint density at radius 2 is 1.37 bits per heavy atom. The summed E-state index contributed by atoms with van der Waals surface area (Å²) in [7, 11) is 0.139. The number of fused-ring (bicyclic) bond motifs is 1. The molecule has 9 nitrogen and oxygen atoms in total. The van der Waals surface area contributed by atoms with Crippen LogP contribution < -0.4 is 4.74 Å². The Hall–Kier alpha value is -3.54. The zero-order chi connectivity index (χ0) is 30.4. The van der Waals surface area contributed by atoms with E-state index in [0.29, 0.717) is 23.5 Å². The van der Waals surface area contributed by atoms with E-state index in [1.165, 1.54) is 0 Å². The molecule has 6 atom stereocenters. The minimum Gasteiger partial charge on any atom is -0.497 e. The summed E-state index contributed by atoms with van der Waals surface area (Å²) < 4.78 is 42.5. The molecule has 0 radical (unpaired) electrons. The maximum Gasteiger partial charge on any atom is 0.338 e. The van der Waals surface area contributed by atoms with Crippen molar-refractivity contribution in [1.29, 1.82) is 0 Å². The SMILES string of the molecule is COc1ccc(C2OC[C@H]3O[C@@H](OCC[Si](C)(C)C)[C@H](OC(=O)c4ccccc4)[C@@H](OC(=O)c4ccccc4)[C@H]3O2)cc1. The fourth-order valence-electron chi connectivity index (χ4n) is 4.88. The first-order valence-electron chi connectivity index (χ1n) is 14.4. The van der Waals surface area contributed by atoms with Crippen LogP contribution >= 0.6 is 0 Å². The second-order valence-electron chi connectivity index (χ2n) is 11.7. The number of methoxy groups -OCH3 is 1. The molecule has 0 bridgehead atoms. The zero-order valence-corrected chi connectivity index (χ0v) is 25.8. The van der Waals surface area contributed by atoms with Crippen molar-refractivity contribution in [1.82, 2.24) is 0 Å². The lowest BCUT2D eigenvalue weighted by Crippen LogP contribution is -2.64. The number of hydrogen-bond donors (Lipinski definition) is 0. The lowest BCUT2D eigenvalue weighted by molar-refractivity contribution is -0.359. The number of hydrogen-bond acceptors (Lipinski definition) is 9. The second-order valence-corrected chi connectivity index (χ2v) is 17.4. The van der Waals surface area contributed by atoms with Crippen molar-refractivity contribution in [3.05, 3.63) is 102 Å². The smallest absolute Gasteiger partial charge is 0.338 e. The highest BCUT2D eigenvalue weighted by Gasteiger charge is 2.54. The van der Waals surface area contributed by atoms with Crippen molar-refractivity contribution < 1.29 is 42.7 Å². The van der Waals surface area contributed by atoms with Crippen LogP contribution in [0.4, 0.5) is 0 Å². The quantitative estimate of drug-likeness (QED) is 0.214. The lowest BCUT2D eigenvalue weighted by atomic mass is 9.97. The fraction of sp³-hybridized carbons (Fsp3) is 0.394. The van der Waals surface area contributed by atoms with Crippen LogP contribution in [0, 0.1) is 0 Å². The van der Waals surface area contributed by atoms with E-state index >= 15 is 0 Å². The Morgan fingerprint density at radius 1 is 0.791 bits per heavy atom. The van der Waals surface area contributed by atoms with Gasteiger partial charge in [-0.25, -0.2) is 9.59 Å². The van der Waals surface area contributed by atoms with Crippen LogP contribution in [-0.4, -0.2) is 71.0 Å². The molecule has 2 fully saturated rings. The molecule has 3 aromatic carbocycles. The van der Waals surface area contributed by atoms with E-state index in [4.69, 9.17) is 33.2 Å². The topological polar surface area (TPSA) is 98.8 Å². The highest BCUT2D eigenvalue weighted by molar-refractivity contribution is 6.76. The van der Waals surface area contributed by atoms with Crippen molar-refractivity contribution in [3.8, 4) is 5.75 Å². The monoisotopic (exact) mass is 606 g/mol. The molecular formula is C33H38O9Si. The van der Waals surface area contributed by atoms with Gasteiger partial charge in [-0.3, -0.25) is 0 Å². The number of carbonyl (C=O) groups is 2. The van der Waals surface area contributed by atoms with Gasteiger partial charge in [-0.15, -0.1) is 0 Å². The van der Waals surface area contributed by atoms with E-state index < -0.39 is 57.0 Å². The molecule has 3 aromatic rings. The maximum absolute atomic E-state index is 13.4. The minimum atomic E-state index is -1.46. The normalized spacial score (nSPS) is 25.3. The Morgan fingerprint density at radius 3 is 1.93 bits per heavy atom. The molecule has 2 aliphatic rings. The van der Waals surface area contributed by atoms with E-state index in [9.17, 15) is 9.59 Å². The number of ether oxygens (including phenoxy) is 7. The summed E-state index contributed by atoms with van der Waals surface area (Å²) in [4.78, 5) is 26.8. The number of carbonyl (C=O) groups excluding carboxylic acids is 2.